The van der Waals surface area contributed by atoms with Crippen LogP contribution < -0.4 is 5.73 Å². The lowest BCUT2D eigenvalue weighted by molar-refractivity contribution is 0.542. The number of nitrogens with two attached hydrogens (primary N) is 1. The molecule has 0 amide bonds. The zero-order chi connectivity index (χ0) is 14.9. The van der Waals surface area contributed by atoms with Gasteiger partial charge in [-0.05, 0) is 18.9 Å². The normalized spacial score (nSPS) is 11.8. The Morgan fingerprint density at radius 3 is 2.35 bits per heavy atom. The fourth-order valence-corrected chi connectivity index (χ4v) is 1.99. The molecule has 2 heterocycles. The second-order valence-corrected chi connectivity index (χ2v) is 5.97. The van der Waals surface area contributed by atoms with E-state index in [4.69, 9.17) is 5.73 Å². The van der Waals surface area contributed by atoms with Crippen molar-refractivity contribution in [3.05, 3.63) is 29.3 Å². The van der Waals surface area contributed by atoms with Crippen LogP contribution in [-0.2, 0) is 18.3 Å². The van der Waals surface area contributed by atoms with Gasteiger partial charge in [-0.3, -0.25) is 0 Å². The highest BCUT2D eigenvalue weighted by atomic mass is 15.3. The Bertz CT molecular complexity index is 607. The van der Waals surface area contributed by atoms with Gasteiger partial charge < -0.3 is 5.73 Å². The van der Waals surface area contributed by atoms with Crippen LogP contribution >= 0.6 is 0 Å². The third-order valence-electron chi connectivity index (χ3n) is 3.18. The molecule has 0 saturated heterocycles. The maximum absolute atomic E-state index is 5.93. The molecule has 0 fully saturated rings. The van der Waals surface area contributed by atoms with Gasteiger partial charge in [-0.15, -0.1) is 0 Å². The molecule has 0 atom stereocenters. The van der Waals surface area contributed by atoms with Crippen molar-refractivity contribution in [1.82, 2.24) is 19.7 Å². The minimum Gasteiger partial charge on any atom is -0.384 e. The summed E-state index contributed by atoms with van der Waals surface area (Å²) in [6.07, 6.45) is 1.81. The molecule has 0 radical (unpaired) electrons. The SMILES string of the molecule is CCc1cc(CC)n(-c2cc(N)nc(C(C)(C)C)n2)n1. The van der Waals surface area contributed by atoms with Crippen LogP contribution in [0.1, 0.15) is 51.8 Å². The van der Waals surface area contributed by atoms with Gasteiger partial charge in [0.05, 0.1) is 5.69 Å². The van der Waals surface area contributed by atoms with E-state index in [0.29, 0.717) is 5.82 Å². The van der Waals surface area contributed by atoms with Crippen LogP contribution in [0.3, 0.4) is 0 Å². The van der Waals surface area contributed by atoms with Gasteiger partial charge in [0.25, 0.3) is 0 Å². The van der Waals surface area contributed by atoms with Gasteiger partial charge in [0.15, 0.2) is 5.82 Å². The van der Waals surface area contributed by atoms with Crippen LogP contribution in [0.15, 0.2) is 12.1 Å². The summed E-state index contributed by atoms with van der Waals surface area (Å²) in [7, 11) is 0. The van der Waals surface area contributed by atoms with Gasteiger partial charge >= 0.3 is 0 Å². The molecule has 0 aromatic carbocycles. The van der Waals surface area contributed by atoms with E-state index in [9.17, 15) is 0 Å². The van der Waals surface area contributed by atoms with Crippen molar-refractivity contribution in [1.29, 1.82) is 0 Å². The Morgan fingerprint density at radius 2 is 1.80 bits per heavy atom. The number of rotatable bonds is 3. The average Bonchev–Trinajstić information content (AvgIpc) is 2.80. The fraction of sp³-hybridized carbons (Fsp3) is 0.533. The third-order valence-corrected chi connectivity index (χ3v) is 3.18. The predicted molar refractivity (Wildman–Crippen MR) is 81.0 cm³/mol. The zero-order valence-electron chi connectivity index (χ0n) is 12.9. The fourth-order valence-electron chi connectivity index (χ4n) is 1.99. The molecule has 0 aliphatic rings. The molecular formula is C15H23N5. The first-order valence-corrected chi connectivity index (χ1v) is 7.08. The van der Waals surface area contributed by atoms with Gasteiger partial charge in [0.1, 0.15) is 11.6 Å². The van der Waals surface area contributed by atoms with Gasteiger partial charge in [-0.2, -0.15) is 5.10 Å². The minimum absolute atomic E-state index is 0.142. The van der Waals surface area contributed by atoms with E-state index in [1.54, 1.807) is 6.07 Å². The van der Waals surface area contributed by atoms with Crippen LogP contribution in [0, 0.1) is 0 Å². The van der Waals surface area contributed by atoms with Crippen molar-refractivity contribution < 1.29 is 0 Å². The highest BCUT2D eigenvalue weighted by molar-refractivity contribution is 5.39. The molecule has 5 nitrogen and oxygen atoms in total. The van der Waals surface area contributed by atoms with Crippen molar-refractivity contribution in [2.45, 2.75) is 52.9 Å². The Labute approximate surface area is 120 Å². The molecule has 0 aliphatic carbocycles. The molecule has 20 heavy (non-hydrogen) atoms. The summed E-state index contributed by atoms with van der Waals surface area (Å²) in [4.78, 5) is 8.98. The number of hydrogen-bond donors (Lipinski definition) is 1. The van der Waals surface area contributed by atoms with Gasteiger partial charge in [-0.1, -0.05) is 34.6 Å². The first kappa shape index (κ1) is 14.5. The van der Waals surface area contributed by atoms with E-state index in [-0.39, 0.29) is 5.41 Å². The average molecular weight is 273 g/mol. The zero-order valence-corrected chi connectivity index (χ0v) is 12.9. The summed E-state index contributed by atoms with van der Waals surface area (Å²) in [5.41, 5.74) is 8.00. The summed E-state index contributed by atoms with van der Waals surface area (Å²) in [6, 6.07) is 3.90. The van der Waals surface area contributed by atoms with Crippen LogP contribution in [0.5, 0.6) is 0 Å². The van der Waals surface area contributed by atoms with Gasteiger partial charge in [-0.25, -0.2) is 14.6 Å². The standard InChI is InChI=1S/C15H23N5/c1-6-10-8-11(7-2)20(19-10)13-9-12(16)17-14(18-13)15(3,4)5/h8-9H,6-7H2,1-5H3,(H2,16,17,18). The number of aryl methyl sites for hydroxylation is 2. The van der Waals surface area contributed by atoms with Gasteiger partial charge in [0.2, 0.25) is 0 Å². The van der Waals surface area contributed by atoms with Crippen LogP contribution in [0.25, 0.3) is 5.82 Å². The number of nitrogen functional groups attached to an aromatic ring is 1. The molecule has 2 rings (SSSR count). The summed E-state index contributed by atoms with van der Waals surface area (Å²) >= 11 is 0. The van der Waals surface area contributed by atoms with E-state index in [1.807, 2.05) is 4.68 Å². The lowest BCUT2D eigenvalue weighted by Crippen LogP contribution is -2.19. The largest absolute Gasteiger partial charge is 0.384 e. The third kappa shape index (κ3) is 2.81. The first-order chi connectivity index (χ1) is 9.35. The second kappa shape index (κ2) is 5.23. The van der Waals surface area contributed by atoms with E-state index in [0.717, 1.165) is 35.9 Å². The predicted octanol–water partition coefficient (Wildman–Crippen LogP) is 2.67. The maximum atomic E-state index is 5.93. The monoisotopic (exact) mass is 273 g/mol. The number of hydrogen-bond acceptors (Lipinski definition) is 4. The molecule has 108 valence electrons. The lowest BCUT2D eigenvalue weighted by atomic mass is 9.96. The van der Waals surface area contributed by atoms with Crippen molar-refractivity contribution in [2.75, 3.05) is 5.73 Å². The number of nitrogens with zero attached hydrogens (tertiary/aromatic N) is 4. The topological polar surface area (TPSA) is 69.6 Å². The summed E-state index contributed by atoms with van der Waals surface area (Å²) < 4.78 is 1.88. The molecule has 2 aromatic rings. The Kier molecular flexibility index (Phi) is 3.79. The van der Waals surface area contributed by atoms with Crippen LogP contribution in [-0.4, -0.2) is 19.7 Å². The molecule has 0 unspecified atom stereocenters. The van der Waals surface area contributed by atoms with Crippen LogP contribution in [0.4, 0.5) is 5.82 Å². The van der Waals surface area contributed by atoms with Crippen molar-refractivity contribution in [2.24, 2.45) is 0 Å². The molecule has 0 bridgehead atoms. The van der Waals surface area contributed by atoms with E-state index in [1.165, 1.54) is 0 Å². The molecule has 0 aliphatic heterocycles. The smallest absolute Gasteiger partial charge is 0.159 e. The Balaban J connectivity index is 2.58. The molecule has 2 aromatic heterocycles. The quantitative estimate of drug-likeness (QED) is 0.933. The lowest BCUT2D eigenvalue weighted by Gasteiger charge is -2.18. The molecule has 5 heteroatoms. The van der Waals surface area contributed by atoms with E-state index in [2.05, 4.69) is 55.8 Å². The Morgan fingerprint density at radius 1 is 1.10 bits per heavy atom. The van der Waals surface area contributed by atoms with Crippen molar-refractivity contribution >= 4 is 5.82 Å². The number of aromatic nitrogens is 4. The highest BCUT2D eigenvalue weighted by Crippen LogP contribution is 2.21. The van der Waals surface area contributed by atoms with E-state index < -0.39 is 0 Å². The molecule has 2 N–H and O–H groups in total. The second-order valence-electron chi connectivity index (χ2n) is 5.97. The van der Waals surface area contributed by atoms with Gasteiger partial charge in [0, 0.05) is 17.2 Å². The molecule has 0 saturated carbocycles. The first-order valence-electron chi connectivity index (χ1n) is 7.08. The van der Waals surface area contributed by atoms with E-state index >= 15 is 0 Å². The summed E-state index contributed by atoms with van der Waals surface area (Å²) in [6.45, 7) is 10.4. The van der Waals surface area contributed by atoms with Crippen molar-refractivity contribution in [3.63, 3.8) is 0 Å². The van der Waals surface area contributed by atoms with Crippen molar-refractivity contribution in [3.8, 4) is 5.82 Å². The highest BCUT2D eigenvalue weighted by Gasteiger charge is 2.20. The van der Waals surface area contributed by atoms with Crippen LogP contribution in [0.2, 0.25) is 0 Å². The number of anilines is 1. The maximum Gasteiger partial charge on any atom is 0.159 e. The Hall–Kier alpha value is -1.91. The summed E-state index contributed by atoms with van der Waals surface area (Å²) in [5, 5.41) is 4.60. The molecular weight excluding hydrogens is 250 g/mol. The summed E-state index contributed by atoms with van der Waals surface area (Å²) in [5.74, 6) is 1.97. The molecule has 0 spiro atoms. The minimum atomic E-state index is -0.142.